The summed E-state index contributed by atoms with van der Waals surface area (Å²) in [5.74, 6) is 1.63. The number of carbonyl (C=O) groups excluding carboxylic acids is 1. The predicted octanol–water partition coefficient (Wildman–Crippen LogP) is 4.62. The first-order chi connectivity index (χ1) is 17.0. The van der Waals surface area contributed by atoms with Crippen LogP contribution in [0.25, 0.3) is 10.3 Å². The van der Waals surface area contributed by atoms with Crippen molar-refractivity contribution < 1.29 is 4.79 Å². The minimum Gasteiger partial charge on any atom is -0.351 e. The van der Waals surface area contributed by atoms with Gasteiger partial charge in [-0.05, 0) is 75.3 Å². The minimum atomic E-state index is -0.0281. The summed E-state index contributed by atoms with van der Waals surface area (Å²) < 4.78 is 0. The van der Waals surface area contributed by atoms with Gasteiger partial charge in [0.05, 0.1) is 6.04 Å². The summed E-state index contributed by atoms with van der Waals surface area (Å²) in [5.41, 5.74) is 4.13. The van der Waals surface area contributed by atoms with E-state index in [4.69, 9.17) is 4.98 Å². The van der Waals surface area contributed by atoms with Gasteiger partial charge < -0.3 is 15.5 Å². The summed E-state index contributed by atoms with van der Waals surface area (Å²) in [6.07, 6.45) is 3.73. The highest BCUT2D eigenvalue weighted by molar-refractivity contribution is 7.21. The summed E-state index contributed by atoms with van der Waals surface area (Å²) in [6.45, 7) is 3.52. The fraction of sp³-hybridized carbons (Fsp3) is 0.308. The van der Waals surface area contributed by atoms with Crippen LogP contribution in [0.3, 0.4) is 0 Å². The van der Waals surface area contributed by atoms with Gasteiger partial charge in [-0.3, -0.25) is 9.69 Å². The predicted molar refractivity (Wildman–Crippen MR) is 142 cm³/mol. The van der Waals surface area contributed by atoms with Gasteiger partial charge in [0.1, 0.15) is 22.0 Å². The fourth-order valence-electron chi connectivity index (χ4n) is 4.26. The summed E-state index contributed by atoms with van der Waals surface area (Å²) in [6, 6.07) is 16.2. The van der Waals surface area contributed by atoms with Crippen molar-refractivity contribution in [2.45, 2.75) is 32.4 Å². The second kappa shape index (κ2) is 9.97. The molecule has 8 nitrogen and oxygen atoms in total. The van der Waals surface area contributed by atoms with E-state index in [1.807, 2.05) is 38.4 Å². The quantitative estimate of drug-likeness (QED) is 0.393. The van der Waals surface area contributed by atoms with Crippen LogP contribution in [0, 0.1) is 6.92 Å². The fourth-order valence-corrected chi connectivity index (χ4v) is 5.10. The summed E-state index contributed by atoms with van der Waals surface area (Å²) in [7, 11) is 4.01. The van der Waals surface area contributed by atoms with E-state index in [0.29, 0.717) is 12.4 Å². The first kappa shape index (κ1) is 23.2. The number of thiazole rings is 1. The highest BCUT2D eigenvalue weighted by atomic mass is 32.1. The standard InChI is InChI=1S/C26H29N7OS/c1-17-6-8-19(9-7-17)33(3)23-11-10-20-25(31-23)35-26(29-20)30-22-15-18(12-13-27-22)16-28-24(34)21-5-4-14-32(21)2/h6-13,15,21H,4-5,14,16H2,1-3H3,(H,28,34)(H,27,29,30). The van der Waals surface area contributed by atoms with E-state index in [1.54, 1.807) is 6.20 Å². The van der Waals surface area contributed by atoms with Gasteiger partial charge in [0.2, 0.25) is 5.91 Å². The van der Waals surface area contributed by atoms with Crippen LogP contribution in [0.5, 0.6) is 0 Å². The Morgan fingerprint density at radius 3 is 2.77 bits per heavy atom. The number of aromatic nitrogens is 3. The molecule has 1 aliphatic rings. The topological polar surface area (TPSA) is 86.3 Å². The largest absolute Gasteiger partial charge is 0.351 e. The first-order valence-electron chi connectivity index (χ1n) is 11.7. The molecule has 1 aliphatic heterocycles. The van der Waals surface area contributed by atoms with E-state index in [2.05, 4.69) is 61.6 Å². The van der Waals surface area contributed by atoms with Gasteiger partial charge in [-0.2, -0.15) is 0 Å². The molecule has 0 radical (unpaired) electrons. The third kappa shape index (κ3) is 5.26. The normalized spacial score (nSPS) is 15.9. The molecule has 2 N–H and O–H groups in total. The van der Waals surface area contributed by atoms with Crippen molar-refractivity contribution in [3.05, 3.63) is 65.9 Å². The van der Waals surface area contributed by atoms with Gasteiger partial charge in [-0.1, -0.05) is 29.0 Å². The number of carbonyl (C=O) groups is 1. The van der Waals surface area contributed by atoms with E-state index in [0.717, 1.165) is 51.9 Å². The van der Waals surface area contributed by atoms with Gasteiger partial charge in [0.15, 0.2) is 5.13 Å². The van der Waals surface area contributed by atoms with Crippen LogP contribution in [0.2, 0.25) is 0 Å². The Morgan fingerprint density at radius 2 is 2.00 bits per heavy atom. The molecule has 9 heteroatoms. The summed E-state index contributed by atoms with van der Waals surface area (Å²) in [4.78, 5) is 31.4. The lowest BCUT2D eigenvalue weighted by molar-refractivity contribution is -0.125. The lowest BCUT2D eigenvalue weighted by Crippen LogP contribution is -2.41. The number of anilines is 4. The van der Waals surface area contributed by atoms with Gasteiger partial charge in [0.25, 0.3) is 0 Å². The van der Waals surface area contributed by atoms with Gasteiger partial charge >= 0.3 is 0 Å². The molecule has 0 saturated carbocycles. The molecule has 0 aliphatic carbocycles. The Bertz CT molecular complexity index is 1340. The van der Waals surface area contributed by atoms with Crippen LogP contribution in [-0.4, -0.2) is 52.4 Å². The molecule has 35 heavy (non-hydrogen) atoms. The Hall–Kier alpha value is -3.56. The third-order valence-corrected chi connectivity index (χ3v) is 7.24. The van der Waals surface area contributed by atoms with E-state index < -0.39 is 0 Å². The Kier molecular flexibility index (Phi) is 6.61. The molecule has 0 spiro atoms. The Labute approximate surface area is 209 Å². The number of aryl methyl sites for hydroxylation is 1. The number of hydrogen-bond acceptors (Lipinski definition) is 8. The summed E-state index contributed by atoms with van der Waals surface area (Å²) in [5, 5.41) is 7.07. The van der Waals surface area contributed by atoms with Gasteiger partial charge in [-0.25, -0.2) is 15.0 Å². The number of pyridine rings is 2. The molecule has 1 fully saturated rings. The van der Waals surface area contributed by atoms with Crippen molar-refractivity contribution >= 4 is 50.0 Å². The molecule has 1 unspecified atom stereocenters. The average molecular weight is 488 g/mol. The van der Waals surface area contributed by atoms with Crippen molar-refractivity contribution in [2.75, 3.05) is 30.9 Å². The number of nitrogens with one attached hydrogen (secondary N) is 2. The lowest BCUT2D eigenvalue weighted by Gasteiger charge is -2.18. The number of benzene rings is 1. The number of hydrogen-bond donors (Lipinski definition) is 2. The van der Waals surface area contributed by atoms with Crippen LogP contribution in [0.15, 0.2) is 54.7 Å². The van der Waals surface area contributed by atoms with Crippen LogP contribution in [-0.2, 0) is 11.3 Å². The number of nitrogens with zero attached hydrogens (tertiary/aromatic N) is 5. The second-order valence-corrected chi connectivity index (χ2v) is 9.92. The Morgan fingerprint density at radius 1 is 1.17 bits per heavy atom. The smallest absolute Gasteiger partial charge is 0.237 e. The zero-order valence-corrected chi connectivity index (χ0v) is 21.0. The average Bonchev–Trinajstić information content (AvgIpc) is 3.47. The summed E-state index contributed by atoms with van der Waals surface area (Å²) >= 11 is 1.49. The second-order valence-electron chi connectivity index (χ2n) is 8.94. The van der Waals surface area contributed by atoms with E-state index >= 15 is 0 Å². The number of rotatable bonds is 7. The number of likely N-dealkylation sites (N-methyl/N-ethyl adjacent to an activating group) is 1. The molecule has 4 aromatic rings. The highest BCUT2D eigenvalue weighted by Crippen LogP contribution is 2.30. The first-order valence-corrected chi connectivity index (χ1v) is 12.6. The monoisotopic (exact) mass is 487 g/mol. The maximum Gasteiger partial charge on any atom is 0.237 e. The van der Waals surface area contributed by atoms with Crippen molar-refractivity contribution in [1.29, 1.82) is 0 Å². The van der Waals surface area contributed by atoms with Crippen molar-refractivity contribution in [3.8, 4) is 0 Å². The molecule has 1 atom stereocenters. The molecule has 3 aromatic heterocycles. The zero-order chi connectivity index (χ0) is 24.4. The SMILES string of the molecule is Cc1ccc(N(C)c2ccc3nc(Nc4cc(CNC(=O)C5CCCN5C)ccn4)sc3n2)cc1. The number of likely N-dealkylation sites (tertiary alicyclic amines) is 1. The third-order valence-electron chi connectivity index (χ3n) is 6.35. The molecule has 1 aromatic carbocycles. The van der Waals surface area contributed by atoms with Crippen LogP contribution >= 0.6 is 11.3 Å². The van der Waals surface area contributed by atoms with Gasteiger partial charge in [-0.15, -0.1) is 0 Å². The molecule has 180 valence electrons. The van der Waals surface area contributed by atoms with Crippen LogP contribution in [0.4, 0.5) is 22.5 Å². The maximum atomic E-state index is 12.5. The number of fused-ring (bicyclic) bond motifs is 1. The molecule has 5 rings (SSSR count). The van der Waals surface area contributed by atoms with Crippen molar-refractivity contribution in [2.24, 2.45) is 0 Å². The van der Waals surface area contributed by atoms with E-state index in [1.165, 1.54) is 16.9 Å². The van der Waals surface area contributed by atoms with E-state index in [-0.39, 0.29) is 11.9 Å². The van der Waals surface area contributed by atoms with Crippen molar-refractivity contribution in [1.82, 2.24) is 25.2 Å². The molecule has 1 amide bonds. The molecular formula is C26H29N7OS. The van der Waals surface area contributed by atoms with Crippen LogP contribution in [0.1, 0.15) is 24.0 Å². The van der Waals surface area contributed by atoms with Crippen LogP contribution < -0.4 is 15.5 Å². The Balaban J connectivity index is 1.26. The molecule has 0 bridgehead atoms. The minimum absolute atomic E-state index is 0.0281. The lowest BCUT2D eigenvalue weighted by atomic mass is 10.2. The number of amides is 1. The molecule has 1 saturated heterocycles. The van der Waals surface area contributed by atoms with Crippen molar-refractivity contribution in [3.63, 3.8) is 0 Å². The molecule has 4 heterocycles. The van der Waals surface area contributed by atoms with E-state index in [9.17, 15) is 4.79 Å². The zero-order valence-electron chi connectivity index (χ0n) is 20.2. The highest BCUT2D eigenvalue weighted by Gasteiger charge is 2.27. The van der Waals surface area contributed by atoms with Gasteiger partial charge in [0, 0.05) is 25.5 Å². The maximum absolute atomic E-state index is 12.5. The molecular weight excluding hydrogens is 458 g/mol.